The third kappa shape index (κ3) is 3.02. The van der Waals surface area contributed by atoms with Gasteiger partial charge in [0.05, 0.1) is 13.2 Å². The molecular formula is C11H14N2O2. The van der Waals surface area contributed by atoms with Crippen molar-refractivity contribution < 1.29 is 9.53 Å². The highest BCUT2D eigenvalue weighted by molar-refractivity contribution is 5.76. The number of hydrogen-bond donors (Lipinski definition) is 1. The molecule has 1 aromatic rings. The highest BCUT2D eigenvalue weighted by atomic mass is 16.5. The minimum absolute atomic E-state index is 0.0973. The lowest BCUT2D eigenvalue weighted by atomic mass is 10.0. The molecule has 0 unspecified atom stereocenters. The summed E-state index contributed by atoms with van der Waals surface area (Å²) in [5.41, 5.74) is 1.07. The van der Waals surface area contributed by atoms with Crippen molar-refractivity contribution in [2.75, 3.05) is 13.2 Å². The third-order valence-electron chi connectivity index (χ3n) is 2.42. The summed E-state index contributed by atoms with van der Waals surface area (Å²) < 4.78 is 5.01. The SMILES string of the molecule is O=C(CC1COC1)NCc1ccncc1. The van der Waals surface area contributed by atoms with E-state index in [-0.39, 0.29) is 5.91 Å². The summed E-state index contributed by atoms with van der Waals surface area (Å²) in [6.07, 6.45) is 4.02. The Balaban J connectivity index is 1.71. The Morgan fingerprint density at radius 3 is 2.80 bits per heavy atom. The van der Waals surface area contributed by atoms with Crippen LogP contribution in [-0.4, -0.2) is 24.1 Å². The normalized spacial score (nSPS) is 15.7. The predicted molar refractivity (Wildman–Crippen MR) is 55.0 cm³/mol. The fourth-order valence-electron chi connectivity index (χ4n) is 1.44. The van der Waals surface area contributed by atoms with Gasteiger partial charge in [0, 0.05) is 31.3 Å². The van der Waals surface area contributed by atoms with Crippen molar-refractivity contribution in [2.45, 2.75) is 13.0 Å². The van der Waals surface area contributed by atoms with Gasteiger partial charge in [-0.1, -0.05) is 0 Å². The second-order valence-electron chi connectivity index (χ2n) is 3.74. The highest BCUT2D eigenvalue weighted by Gasteiger charge is 2.21. The van der Waals surface area contributed by atoms with Crippen LogP contribution in [0.2, 0.25) is 0 Å². The van der Waals surface area contributed by atoms with Gasteiger partial charge in [-0.25, -0.2) is 0 Å². The van der Waals surface area contributed by atoms with E-state index in [0.29, 0.717) is 18.9 Å². The fraction of sp³-hybridized carbons (Fsp3) is 0.455. The molecule has 0 aliphatic carbocycles. The molecule has 4 nitrogen and oxygen atoms in total. The summed E-state index contributed by atoms with van der Waals surface area (Å²) in [5, 5.41) is 2.88. The first-order valence-electron chi connectivity index (χ1n) is 5.08. The van der Waals surface area contributed by atoms with E-state index in [2.05, 4.69) is 10.3 Å². The van der Waals surface area contributed by atoms with Gasteiger partial charge < -0.3 is 10.1 Å². The minimum Gasteiger partial charge on any atom is -0.381 e. The molecule has 0 aromatic carbocycles. The van der Waals surface area contributed by atoms with Crippen LogP contribution < -0.4 is 5.32 Å². The zero-order chi connectivity index (χ0) is 10.5. The number of rotatable bonds is 4. The van der Waals surface area contributed by atoms with Crippen LogP contribution >= 0.6 is 0 Å². The van der Waals surface area contributed by atoms with Gasteiger partial charge in [-0.3, -0.25) is 9.78 Å². The summed E-state index contributed by atoms with van der Waals surface area (Å²) in [6.45, 7) is 2.03. The zero-order valence-electron chi connectivity index (χ0n) is 8.48. The molecule has 1 aromatic heterocycles. The zero-order valence-corrected chi connectivity index (χ0v) is 8.48. The van der Waals surface area contributed by atoms with Gasteiger partial charge in [0.1, 0.15) is 0 Å². The van der Waals surface area contributed by atoms with Crippen LogP contribution in [0.1, 0.15) is 12.0 Å². The van der Waals surface area contributed by atoms with Crippen LogP contribution in [0.5, 0.6) is 0 Å². The number of carbonyl (C=O) groups excluding carboxylic acids is 1. The number of pyridine rings is 1. The van der Waals surface area contributed by atoms with E-state index >= 15 is 0 Å². The topological polar surface area (TPSA) is 51.2 Å². The van der Waals surface area contributed by atoms with Crippen LogP contribution in [0, 0.1) is 5.92 Å². The summed E-state index contributed by atoms with van der Waals surface area (Å²) in [6, 6.07) is 3.79. The molecule has 1 amide bonds. The van der Waals surface area contributed by atoms with E-state index in [4.69, 9.17) is 4.74 Å². The van der Waals surface area contributed by atoms with Crippen LogP contribution in [0.15, 0.2) is 24.5 Å². The molecule has 0 saturated carbocycles. The summed E-state index contributed by atoms with van der Waals surface area (Å²) in [5.74, 6) is 0.516. The fourth-order valence-corrected chi connectivity index (χ4v) is 1.44. The number of amides is 1. The second-order valence-corrected chi connectivity index (χ2v) is 3.74. The Morgan fingerprint density at radius 2 is 2.20 bits per heavy atom. The van der Waals surface area contributed by atoms with Crippen LogP contribution in [-0.2, 0) is 16.1 Å². The van der Waals surface area contributed by atoms with Gasteiger partial charge in [-0.2, -0.15) is 0 Å². The summed E-state index contributed by atoms with van der Waals surface area (Å²) >= 11 is 0. The van der Waals surface area contributed by atoms with E-state index in [0.717, 1.165) is 18.8 Å². The van der Waals surface area contributed by atoms with Crippen molar-refractivity contribution in [3.63, 3.8) is 0 Å². The molecule has 4 heteroatoms. The van der Waals surface area contributed by atoms with Gasteiger partial charge in [-0.05, 0) is 17.7 Å². The molecule has 0 atom stereocenters. The van der Waals surface area contributed by atoms with Crippen molar-refractivity contribution in [3.05, 3.63) is 30.1 Å². The van der Waals surface area contributed by atoms with Crippen molar-refractivity contribution in [3.8, 4) is 0 Å². The maximum Gasteiger partial charge on any atom is 0.220 e. The van der Waals surface area contributed by atoms with Gasteiger partial charge in [-0.15, -0.1) is 0 Å². The Bertz CT molecular complexity index is 323. The van der Waals surface area contributed by atoms with Gasteiger partial charge >= 0.3 is 0 Å². The molecule has 1 saturated heterocycles. The molecule has 1 aliphatic rings. The van der Waals surface area contributed by atoms with E-state index in [1.54, 1.807) is 12.4 Å². The monoisotopic (exact) mass is 206 g/mol. The molecule has 0 bridgehead atoms. The number of nitrogens with zero attached hydrogens (tertiary/aromatic N) is 1. The Morgan fingerprint density at radius 1 is 1.47 bits per heavy atom. The Kier molecular flexibility index (Phi) is 3.29. The maximum absolute atomic E-state index is 11.4. The molecule has 1 N–H and O–H groups in total. The van der Waals surface area contributed by atoms with E-state index < -0.39 is 0 Å². The van der Waals surface area contributed by atoms with Crippen molar-refractivity contribution in [1.82, 2.24) is 10.3 Å². The molecule has 80 valence electrons. The summed E-state index contributed by atoms with van der Waals surface area (Å²) in [4.78, 5) is 15.4. The van der Waals surface area contributed by atoms with Crippen LogP contribution in [0.25, 0.3) is 0 Å². The first-order valence-corrected chi connectivity index (χ1v) is 5.08. The number of carbonyl (C=O) groups is 1. The summed E-state index contributed by atoms with van der Waals surface area (Å²) in [7, 11) is 0. The number of hydrogen-bond acceptors (Lipinski definition) is 3. The molecule has 0 spiro atoms. The molecule has 1 fully saturated rings. The van der Waals surface area contributed by atoms with Crippen molar-refractivity contribution >= 4 is 5.91 Å². The van der Waals surface area contributed by atoms with E-state index in [1.165, 1.54) is 0 Å². The lowest BCUT2D eigenvalue weighted by Gasteiger charge is -2.25. The predicted octanol–water partition coefficient (Wildman–Crippen LogP) is 0.734. The third-order valence-corrected chi connectivity index (χ3v) is 2.42. The number of aromatic nitrogens is 1. The van der Waals surface area contributed by atoms with E-state index in [1.807, 2.05) is 12.1 Å². The van der Waals surface area contributed by atoms with Crippen LogP contribution in [0.3, 0.4) is 0 Å². The lowest BCUT2D eigenvalue weighted by Crippen LogP contribution is -2.34. The maximum atomic E-state index is 11.4. The van der Waals surface area contributed by atoms with Gasteiger partial charge in [0.15, 0.2) is 0 Å². The van der Waals surface area contributed by atoms with Crippen LogP contribution in [0.4, 0.5) is 0 Å². The Hall–Kier alpha value is -1.42. The Labute approximate surface area is 88.7 Å². The first-order chi connectivity index (χ1) is 7.34. The molecule has 15 heavy (non-hydrogen) atoms. The standard InChI is InChI=1S/C11H14N2O2/c14-11(5-10-7-15-8-10)13-6-9-1-3-12-4-2-9/h1-4,10H,5-8H2,(H,13,14). The smallest absolute Gasteiger partial charge is 0.220 e. The minimum atomic E-state index is 0.0973. The molecule has 0 radical (unpaired) electrons. The quantitative estimate of drug-likeness (QED) is 0.790. The number of ether oxygens (including phenoxy) is 1. The van der Waals surface area contributed by atoms with Crippen molar-refractivity contribution in [1.29, 1.82) is 0 Å². The van der Waals surface area contributed by atoms with Gasteiger partial charge in [0.25, 0.3) is 0 Å². The lowest BCUT2D eigenvalue weighted by molar-refractivity contribution is -0.126. The largest absolute Gasteiger partial charge is 0.381 e. The highest BCUT2D eigenvalue weighted by Crippen LogP contribution is 2.13. The second kappa shape index (κ2) is 4.89. The van der Waals surface area contributed by atoms with E-state index in [9.17, 15) is 4.79 Å². The molecule has 2 heterocycles. The number of nitrogens with one attached hydrogen (secondary N) is 1. The van der Waals surface area contributed by atoms with Gasteiger partial charge in [0.2, 0.25) is 5.91 Å². The first kappa shape index (κ1) is 10.1. The average molecular weight is 206 g/mol. The average Bonchev–Trinajstić information content (AvgIpc) is 2.22. The van der Waals surface area contributed by atoms with Crippen molar-refractivity contribution in [2.24, 2.45) is 5.92 Å². The molecular weight excluding hydrogens is 192 g/mol. The molecule has 2 rings (SSSR count). The molecule has 1 aliphatic heterocycles.